The third-order valence-corrected chi connectivity index (χ3v) is 6.83. The van der Waals surface area contributed by atoms with Crippen molar-refractivity contribution in [2.24, 2.45) is 4.99 Å². The number of hydrogen-bond acceptors (Lipinski definition) is 9. The number of nitrogens with one attached hydrogen (secondary N) is 1. The Morgan fingerprint density at radius 1 is 1.09 bits per heavy atom. The van der Waals surface area contributed by atoms with Gasteiger partial charge in [0, 0.05) is 36.5 Å². The van der Waals surface area contributed by atoms with Crippen LogP contribution in [-0.4, -0.2) is 42.6 Å². The third kappa shape index (κ3) is 7.25. The van der Waals surface area contributed by atoms with Gasteiger partial charge in [-0.25, -0.2) is 15.0 Å². The number of anilines is 2. The Hall–Kier alpha value is -5.04. The summed E-state index contributed by atoms with van der Waals surface area (Å²) in [6.45, 7) is 2.87. The molecule has 2 N–H and O–H groups in total. The van der Waals surface area contributed by atoms with E-state index in [1.54, 1.807) is 37.3 Å². The second kappa shape index (κ2) is 14.2. The molecule has 1 unspecified atom stereocenters. The number of quaternary nitrogens is 1. The molecule has 1 heterocycles. The van der Waals surface area contributed by atoms with Crippen molar-refractivity contribution in [2.75, 3.05) is 29.5 Å². The molecule has 0 fully saturated rings. The van der Waals surface area contributed by atoms with Crippen molar-refractivity contribution in [3.05, 3.63) is 99.3 Å². The van der Waals surface area contributed by atoms with Crippen molar-refractivity contribution in [2.45, 2.75) is 19.8 Å². The molecule has 43 heavy (non-hydrogen) atoms. The van der Waals surface area contributed by atoms with Gasteiger partial charge in [0.25, 0.3) is 5.91 Å². The molecule has 0 spiro atoms. The number of aliphatic imine (C=N–C) groups is 1. The van der Waals surface area contributed by atoms with Crippen LogP contribution in [0.1, 0.15) is 41.3 Å². The predicted octanol–water partition coefficient (Wildman–Crippen LogP) is 4.39. The number of nitriles is 2. The van der Waals surface area contributed by atoms with E-state index in [4.69, 9.17) is 26.9 Å². The first-order valence-corrected chi connectivity index (χ1v) is 13.7. The zero-order chi connectivity index (χ0) is 30.9. The van der Waals surface area contributed by atoms with Gasteiger partial charge in [-0.05, 0) is 61.0 Å². The van der Waals surface area contributed by atoms with Gasteiger partial charge in [-0.1, -0.05) is 23.7 Å². The lowest BCUT2D eigenvalue weighted by molar-refractivity contribution is -0.991. The summed E-state index contributed by atoms with van der Waals surface area (Å²) in [7, 11) is 0. The van der Waals surface area contributed by atoms with Gasteiger partial charge in [-0.3, -0.25) is 9.69 Å². The topological polar surface area (TPSA) is 158 Å². The number of ether oxygens (including phenoxy) is 1. The average molecular weight is 599 g/mol. The number of carbonyl (C=O) groups excluding carboxylic acids is 2. The molecular formula is C31H27ClN6O5. The minimum Gasteiger partial charge on any atom is -0.595 e. The highest BCUT2D eigenvalue weighted by atomic mass is 35.5. The fraction of sp³-hybridized carbons (Fsp3) is 0.194. The van der Waals surface area contributed by atoms with Crippen LogP contribution in [0.4, 0.5) is 17.1 Å². The van der Waals surface area contributed by atoms with Crippen molar-refractivity contribution in [3.8, 4) is 12.1 Å². The highest BCUT2D eigenvalue weighted by Crippen LogP contribution is 2.32. The van der Waals surface area contributed by atoms with Crippen molar-refractivity contribution >= 4 is 52.5 Å². The zero-order valence-electron chi connectivity index (χ0n) is 23.2. The Labute approximate surface area is 253 Å². The van der Waals surface area contributed by atoms with E-state index in [9.17, 15) is 20.0 Å². The van der Waals surface area contributed by atoms with Crippen LogP contribution in [0.25, 0.3) is 6.08 Å². The first-order valence-electron chi connectivity index (χ1n) is 13.3. The lowest BCUT2D eigenvalue weighted by atomic mass is 10.1. The van der Waals surface area contributed by atoms with Crippen LogP contribution in [0.3, 0.4) is 0 Å². The second-order valence-electron chi connectivity index (χ2n) is 9.27. The number of rotatable bonds is 11. The molecule has 12 heteroatoms. The van der Waals surface area contributed by atoms with E-state index in [2.05, 4.69) is 17.1 Å². The van der Waals surface area contributed by atoms with E-state index in [0.717, 1.165) is 5.69 Å². The van der Waals surface area contributed by atoms with Crippen molar-refractivity contribution < 1.29 is 24.8 Å². The van der Waals surface area contributed by atoms with E-state index >= 15 is 0 Å². The molecule has 3 aromatic rings. The molecule has 11 nitrogen and oxygen atoms in total. The highest BCUT2D eigenvalue weighted by molar-refractivity contribution is 6.39. The highest BCUT2D eigenvalue weighted by Gasteiger charge is 2.34. The molecule has 4 rings (SSSR count). The van der Waals surface area contributed by atoms with Gasteiger partial charge in [0.1, 0.15) is 11.5 Å². The number of hydrogen-bond donors (Lipinski definition) is 2. The smallest absolute Gasteiger partial charge is 0.338 e. The van der Waals surface area contributed by atoms with Gasteiger partial charge >= 0.3 is 5.97 Å². The molecule has 1 amide bonds. The van der Waals surface area contributed by atoms with Crippen molar-refractivity contribution in [1.29, 1.82) is 10.5 Å². The maximum atomic E-state index is 13.8. The summed E-state index contributed by atoms with van der Waals surface area (Å²) >= 11 is 6.47. The Kier molecular flexibility index (Phi) is 10.2. The zero-order valence-corrected chi connectivity index (χ0v) is 23.9. The van der Waals surface area contributed by atoms with Crippen molar-refractivity contribution in [3.63, 3.8) is 0 Å². The number of benzene rings is 3. The van der Waals surface area contributed by atoms with Crippen LogP contribution >= 0.6 is 11.6 Å². The predicted molar refractivity (Wildman–Crippen MR) is 161 cm³/mol. The molecule has 0 aliphatic carbocycles. The maximum Gasteiger partial charge on any atom is 0.338 e. The first-order chi connectivity index (χ1) is 20.8. The summed E-state index contributed by atoms with van der Waals surface area (Å²) in [4.78, 5) is 33.8. The fourth-order valence-corrected chi connectivity index (χ4v) is 4.61. The van der Waals surface area contributed by atoms with Gasteiger partial charge in [-0.2, -0.15) is 15.8 Å². The number of nitrogens with zero attached hydrogens (tertiary/aromatic N) is 5. The van der Waals surface area contributed by atoms with Gasteiger partial charge in [-0.15, -0.1) is 0 Å². The quantitative estimate of drug-likeness (QED) is 0.187. The molecule has 0 saturated heterocycles. The number of esters is 1. The Bertz CT molecular complexity index is 1620. The number of amides is 1. The number of amidine groups is 1. The Morgan fingerprint density at radius 2 is 1.74 bits per heavy atom. The lowest BCUT2D eigenvalue weighted by Crippen LogP contribution is -2.99. The normalized spacial score (nSPS) is 14.2. The lowest BCUT2D eigenvalue weighted by Gasteiger charge is -2.22. The van der Waals surface area contributed by atoms with E-state index in [1.165, 1.54) is 35.2 Å². The number of halogens is 1. The van der Waals surface area contributed by atoms with E-state index in [1.807, 2.05) is 17.0 Å². The number of carbonyl (C=O) groups is 2. The third-order valence-electron chi connectivity index (χ3n) is 6.50. The van der Waals surface area contributed by atoms with Crippen LogP contribution in [0, 0.1) is 27.9 Å². The van der Waals surface area contributed by atoms with Gasteiger partial charge in [0.2, 0.25) is 0 Å². The fourth-order valence-electron chi connectivity index (χ4n) is 4.41. The molecule has 1 aliphatic heterocycles. The summed E-state index contributed by atoms with van der Waals surface area (Å²) in [6.07, 6.45) is 2.22. The SMILES string of the molecule is CCOC(=O)c1ccc(N2C(=O)/C(=C\c3ccc(N(CCC#N)CCC#N)cc3)N=C2c2cc([NH+]([O-])O)ccc2Cl)cc1. The first kappa shape index (κ1) is 30.9. The molecule has 218 valence electrons. The summed E-state index contributed by atoms with van der Waals surface area (Å²) in [5.41, 5.74) is 2.48. The van der Waals surface area contributed by atoms with Crippen molar-refractivity contribution in [1.82, 2.24) is 0 Å². The molecular weight excluding hydrogens is 572 g/mol. The summed E-state index contributed by atoms with van der Waals surface area (Å²) in [5, 5.41) is 38.3. The van der Waals surface area contributed by atoms with Crippen LogP contribution in [0.15, 0.2) is 77.4 Å². The minimum absolute atomic E-state index is 0.0301. The standard InChI is InChI=1S/C31H27ClN6O5/c1-2-43-31(40)22-7-11-24(12-8-22)37-29(26-20-25(38(41)42)13-14-27(26)32)35-28(30(37)39)19-21-5-9-23(10-6-21)36(17-3-15-33)18-4-16-34/h5-14,19-20,38,41H,2-4,17-18H2,1H3/b28-19+. The van der Waals surface area contributed by atoms with E-state index in [0.29, 0.717) is 42.7 Å². The molecule has 0 radical (unpaired) electrons. The molecule has 3 aromatic carbocycles. The van der Waals surface area contributed by atoms with Gasteiger partial charge in [0.15, 0.2) is 5.69 Å². The van der Waals surface area contributed by atoms with Crippen LogP contribution in [0.5, 0.6) is 0 Å². The van der Waals surface area contributed by atoms with Gasteiger partial charge < -0.3 is 14.8 Å². The van der Waals surface area contributed by atoms with Crippen LogP contribution < -0.4 is 15.0 Å². The summed E-state index contributed by atoms with van der Waals surface area (Å²) in [6, 6.07) is 21.8. The Morgan fingerprint density at radius 3 is 2.33 bits per heavy atom. The average Bonchev–Trinajstić information content (AvgIpc) is 3.33. The maximum absolute atomic E-state index is 13.8. The summed E-state index contributed by atoms with van der Waals surface area (Å²) < 4.78 is 5.04. The molecule has 0 aromatic heterocycles. The molecule has 1 atom stereocenters. The molecule has 0 saturated carbocycles. The second-order valence-corrected chi connectivity index (χ2v) is 9.67. The van der Waals surface area contributed by atoms with Crippen LogP contribution in [0.2, 0.25) is 5.02 Å². The molecule has 1 aliphatic rings. The monoisotopic (exact) mass is 598 g/mol. The Balaban J connectivity index is 1.73. The summed E-state index contributed by atoms with van der Waals surface area (Å²) in [5.74, 6) is -0.857. The van der Waals surface area contributed by atoms with Gasteiger partial charge in [0.05, 0.1) is 47.9 Å². The van der Waals surface area contributed by atoms with E-state index < -0.39 is 17.1 Å². The molecule has 0 bridgehead atoms. The minimum atomic E-state index is -1.16. The van der Waals surface area contributed by atoms with Crippen LogP contribution in [-0.2, 0) is 9.53 Å². The largest absolute Gasteiger partial charge is 0.595 e. The van der Waals surface area contributed by atoms with E-state index in [-0.39, 0.29) is 34.4 Å².